The lowest BCUT2D eigenvalue weighted by atomic mass is 10.0. The van der Waals surface area contributed by atoms with Gasteiger partial charge in [0.1, 0.15) is 11.6 Å². The Kier molecular flexibility index (Phi) is 4.73. The highest BCUT2D eigenvalue weighted by Crippen LogP contribution is 2.41. The molecule has 2 aliphatic heterocycles. The summed E-state index contributed by atoms with van der Waals surface area (Å²) in [5.41, 5.74) is 9.58. The summed E-state index contributed by atoms with van der Waals surface area (Å²) in [7, 11) is 0. The molecule has 1 aromatic heterocycles. The molecule has 0 bridgehead atoms. The number of aromatic nitrogens is 2. The number of hydrazine groups is 1. The van der Waals surface area contributed by atoms with Crippen LogP contribution in [0.1, 0.15) is 29.2 Å². The van der Waals surface area contributed by atoms with E-state index >= 15 is 0 Å². The summed E-state index contributed by atoms with van der Waals surface area (Å²) in [5.74, 6) is 2.17. The molecule has 0 spiro atoms. The van der Waals surface area contributed by atoms with Gasteiger partial charge in [0, 0.05) is 19.6 Å². The summed E-state index contributed by atoms with van der Waals surface area (Å²) >= 11 is 0. The van der Waals surface area contributed by atoms with Crippen molar-refractivity contribution in [2.45, 2.75) is 25.4 Å². The molecule has 3 aromatic rings. The highest BCUT2D eigenvalue weighted by Gasteiger charge is 2.34. The van der Waals surface area contributed by atoms with Gasteiger partial charge in [-0.2, -0.15) is 9.97 Å². The maximum Gasteiger partial charge on any atom is 0.226 e. The molecule has 3 N–H and O–H groups in total. The van der Waals surface area contributed by atoms with Crippen LogP contribution in [0, 0.1) is 5.82 Å². The van der Waals surface area contributed by atoms with E-state index in [4.69, 9.17) is 4.98 Å². The van der Waals surface area contributed by atoms with Crippen molar-refractivity contribution in [3.63, 3.8) is 0 Å². The molecule has 0 saturated heterocycles. The summed E-state index contributed by atoms with van der Waals surface area (Å²) in [6.07, 6.45) is 1.58. The summed E-state index contributed by atoms with van der Waals surface area (Å²) in [6, 6.07) is 17.5. The van der Waals surface area contributed by atoms with Crippen LogP contribution in [0.2, 0.25) is 0 Å². The summed E-state index contributed by atoms with van der Waals surface area (Å²) in [4.78, 5) is 11.8. The quantitative estimate of drug-likeness (QED) is 0.597. The van der Waals surface area contributed by atoms with Crippen molar-refractivity contribution in [1.29, 1.82) is 0 Å². The van der Waals surface area contributed by atoms with E-state index in [9.17, 15) is 4.39 Å². The average Bonchev–Trinajstić information content (AvgIpc) is 3.16. The largest absolute Gasteiger partial charge is 0.354 e. The minimum absolute atomic E-state index is 0.179. The predicted molar refractivity (Wildman–Crippen MR) is 112 cm³/mol. The number of hydrogen-bond donors (Lipinski definition) is 3. The van der Waals surface area contributed by atoms with E-state index in [1.807, 2.05) is 18.2 Å². The number of halogens is 1. The molecule has 6 nitrogen and oxygen atoms in total. The van der Waals surface area contributed by atoms with Crippen LogP contribution in [0.5, 0.6) is 0 Å². The molecule has 0 fully saturated rings. The molecule has 29 heavy (non-hydrogen) atoms. The second-order valence-electron chi connectivity index (χ2n) is 7.42. The van der Waals surface area contributed by atoms with E-state index in [0.29, 0.717) is 24.5 Å². The van der Waals surface area contributed by atoms with Crippen molar-refractivity contribution in [1.82, 2.24) is 15.4 Å². The molecule has 1 atom stereocenters. The van der Waals surface area contributed by atoms with E-state index in [1.54, 1.807) is 6.07 Å². The zero-order chi connectivity index (χ0) is 19.6. The highest BCUT2D eigenvalue weighted by atomic mass is 19.1. The number of hydrogen-bond acceptors (Lipinski definition) is 6. The van der Waals surface area contributed by atoms with Gasteiger partial charge in [-0.3, -0.25) is 0 Å². The average molecular weight is 390 g/mol. The Labute approximate surface area is 169 Å². The third-order valence-electron chi connectivity index (χ3n) is 5.48. The Morgan fingerprint density at radius 3 is 2.76 bits per heavy atom. The molecule has 0 aliphatic carbocycles. The zero-order valence-electron chi connectivity index (χ0n) is 16.0. The van der Waals surface area contributed by atoms with Crippen LogP contribution in [0.4, 0.5) is 22.0 Å². The Hall–Kier alpha value is -3.19. The Morgan fingerprint density at radius 1 is 1.07 bits per heavy atom. The molecule has 7 heteroatoms. The van der Waals surface area contributed by atoms with Crippen LogP contribution in [0.3, 0.4) is 0 Å². The van der Waals surface area contributed by atoms with E-state index in [1.165, 1.54) is 11.6 Å². The lowest BCUT2D eigenvalue weighted by Crippen LogP contribution is -2.34. The van der Waals surface area contributed by atoms with Crippen molar-refractivity contribution < 1.29 is 4.39 Å². The van der Waals surface area contributed by atoms with Crippen molar-refractivity contribution >= 4 is 17.6 Å². The molecule has 0 radical (unpaired) electrons. The first-order valence-electron chi connectivity index (χ1n) is 9.97. The first-order chi connectivity index (χ1) is 14.3. The molecule has 0 saturated carbocycles. The molecule has 5 rings (SSSR count). The first kappa shape index (κ1) is 17.9. The number of anilines is 3. The molecule has 3 heterocycles. The number of rotatable bonds is 6. The molecule has 1 unspecified atom stereocenters. The van der Waals surface area contributed by atoms with E-state index < -0.39 is 0 Å². The minimum atomic E-state index is -0.179. The highest BCUT2D eigenvalue weighted by molar-refractivity contribution is 5.67. The lowest BCUT2D eigenvalue weighted by Gasteiger charge is -2.32. The van der Waals surface area contributed by atoms with E-state index in [2.05, 4.69) is 50.3 Å². The van der Waals surface area contributed by atoms with Gasteiger partial charge in [0.25, 0.3) is 0 Å². The van der Waals surface area contributed by atoms with Gasteiger partial charge in [-0.15, -0.1) is 0 Å². The van der Waals surface area contributed by atoms with Gasteiger partial charge < -0.3 is 15.6 Å². The molecule has 0 amide bonds. The first-order valence-corrected chi connectivity index (χ1v) is 9.97. The van der Waals surface area contributed by atoms with Crippen LogP contribution in [-0.4, -0.2) is 23.1 Å². The Bertz CT molecular complexity index is 1010. The Morgan fingerprint density at radius 2 is 1.90 bits per heavy atom. The fraction of sp³-hybridized carbons (Fsp3) is 0.273. The molecule has 2 aliphatic rings. The van der Waals surface area contributed by atoms with E-state index in [-0.39, 0.29) is 11.9 Å². The van der Waals surface area contributed by atoms with Gasteiger partial charge in [-0.1, -0.05) is 48.5 Å². The van der Waals surface area contributed by atoms with Crippen molar-refractivity contribution in [3.05, 3.63) is 77.1 Å². The van der Waals surface area contributed by atoms with Crippen LogP contribution in [0.15, 0.2) is 54.6 Å². The summed E-state index contributed by atoms with van der Waals surface area (Å²) < 4.78 is 13.8. The van der Waals surface area contributed by atoms with Gasteiger partial charge in [0.15, 0.2) is 5.82 Å². The van der Waals surface area contributed by atoms with E-state index in [0.717, 1.165) is 36.7 Å². The van der Waals surface area contributed by atoms with Gasteiger partial charge in [-0.25, -0.2) is 9.82 Å². The predicted octanol–water partition coefficient (Wildman–Crippen LogP) is 3.65. The molecule has 148 valence electrons. The standard InChI is InChI=1S/C22H23FN6/c23-17-9-5-4-8-16(17)10-12-24-22-25-20-19-18(27-28-20)11-13-29(21(19)26-22)14-15-6-2-1-3-7-15/h1-9,18,27H,10-14H2,(H2,24,25,26,28). The van der Waals surface area contributed by atoms with Crippen LogP contribution < -0.4 is 21.1 Å². The summed E-state index contributed by atoms with van der Waals surface area (Å²) in [5, 5.41) is 3.26. The Balaban J connectivity index is 1.36. The number of nitrogens with one attached hydrogen (secondary N) is 3. The fourth-order valence-electron chi connectivity index (χ4n) is 4.00. The summed E-state index contributed by atoms with van der Waals surface area (Å²) in [6.45, 7) is 2.30. The topological polar surface area (TPSA) is 65.1 Å². The second kappa shape index (κ2) is 7.67. The van der Waals surface area contributed by atoms with Gasteiger partial charge in [0.05, 0.1) is 11.6 Å². The third-order valence-corrected chi connectivity index (χ3v) is 5.48. The SMILES string of the molecule is Fc1ccccc1CCNc1nc2c3c(n1)N(Cc1ccccc1)CCC3NN2. The zero-order valence-corrected chi connectivity index (χ0v) is 16.0. The van der Waals surface area contributed by atoms with Gasteiger partial charge in [-0.05, 0) is 30.0 Å². The molecule has 2 aromatic carbocycles. The normalized spacial score (nSPS) is 17.0. The number of benzene rings is 2. The third kappa shape index (κ3) is 3.61. The van der Waals surface area contributed by atoms with Crippen molar-refractivity contribution in [2.24, 2.45) is 0 Å². The monoisotopic (exact) mass is 390 g/mol. The maximum atomic E-state index is 13.8. The van der Waals surface area contributed by atoms with Gasteiger partial charge >= 0.3 is 0 Å². The molecular weight excluding hydrogens is 367 g/mol. The van der Waals surface area contributed by atoms with Crippen molar-refractivity contribution in [2.75, 3.05) is 28.7 Å². The van der Waals surface area contributed by atoms with Crippen LogP contribution in [-0.2, 0) is 13.0 Å². The van der Waals surface area contributed by atoms with Crippen LogP contribution >= 0.6 is 0 Å². The minimum Gasteiger partial charge on any atom is -0.354 e. The number of nitrogens with zero attached hydrogens (tertiary/aromatic N) is 3. The van der Waals surface area contributed by atoms with Crippen molar-refractivity contribution in [3.8, 4) is 0 Å². The smallest absolute Gasteiger partial charge is 0.226 e. The van der Waals surface area contributed by atoms with Gasteiger partial charge in [0.2, 0.25) is 5.95 Å². The second-order valence-corrected chi connectivity index (χ2v) is 7.42. The molecular formula is C22H23FN6. The fourth-order valence-corrected chi connectivity index (χ4v) is 4.00. The lowest BCUT2D eigenvalue weighted by molar-refractivity contribution is 0.534. The van der Waals surface area contributed by atoms with Crippen LogP contribution in [0.25, 0.3) is 0 Å². The maximum absolute atomic E-state index is 13.8.